The lowest BCUT2D eigenvalue weighted by atomic mass is 10.1. The molecule has 21 heavy (non-hydrogen) atoms. The predicted molar refractivity (Wildman–Crippen MR) is 78.2 cm³/mol. The summed E-state index contributed by atoms with van der Waals surface area (Å²) in [4.78, 5) is 24.5. The van der Waals surface area contributed by atoms with E-state index in [9.17, 15) is 9.59 Å². The number of hydrogen-bond acceptors (Lipinski definition) is 5. The second-order valence-corrected chi connectivity index (χ2v) is 6.10. The molecule has 108 valence electrons. The quantitative estimate of drug-likeness (QED) is 0.937. The minimum absolute atomic E-state index is 0.0531. The van der Waals surface area contributed by atoms with Gasteiger partial charge in [-0.15, -0.1) is 10.2 Å². The average Bonchev–Trinajstić information content (AvgIpc) is 3.05. The van der Waals surface area contributed by atoms with Crippen LogP contribution in [0.2, 0.25) is 0 Å². The first-order chi connectivity index (χ1) is 10.0. The van der Waals surface area contributed by atoms with E-state index in [-0.39, 0.29) is 18.9 Å². The number of nitrogens with zero attached hydrogens (tertiary/aromatic N) is 3. The number of rotatable bonds is 3. The minimum atomic E-state index is -0.929. The lowest BCUT2D eigenvalue weighted by molar-refractivity contribution is -0.141. The van der Waals surface area contributed by atoms with Crippen LogP contribution in [0.25, 0.3) is 10.6 Å². The van der Waals surface area contributed by atoms with Crippen molar-refractivity contribution < 1.29 is 14.7 Å². The smallest absolute Gasteiger partial charge is 0.308 e. The van der Waals surface area contributed by atoms with E-state index < -0.39 is 11.9 Å². The van der Waals surface area contributed by atoms with Crippen molar-refractivity contribution in [2.75, 3.05) is 11.4 Å². The standard InChI is InChI=1S/C14H13N3O3S/c1-8-15-16-13(21-8)9-3-2-4-11(5-9)17-7-10(14(19)20)6-12(17)18/h2-5,10H,6-7H2,1H3,(H,19,20). The third-order valence-electron chi connectivity index (χ3n) is 3.41. The Morgan fingerprint density at radius 2 is 2.24 bits per heavy atom. The molecule has 0 saturated carbocycles. The van der Waals surface area contributed by atoms with Crippen molar-refractivity contribution in [3.8, 4) is 10.6 Å². The first-order valence-corrected chi connectivity index (χ1v) is 7.30. The first-order valence-electron chi connectivity index (χ1n) is 6.48. The molecule has 7 heteroatoms. The molecule has 6 nitrogen and oxygen atoms in total. The molecule has 1 atom stereocenters. The molecule has 1 aliphatic rings. The van der Waals surface area contributed by atoms with Gasteiger partial charge in [-0.25, -0.2) is 0 Å². The van der Waals surface area contributed by atoms with Crippen molar-refractivity contribution in [2.24, 2.45) is 5.92 Å². The van der Waals surface area contributed by atoms with E-state index in [1.807, 2.05) is 25.1 Å². The highest BCUT2D eigenvalue weighted by Gasteiger charge is 2.35. The van der Waals surface area contributed by atoms with Crippen LogP contribution in [0.5, 0.6) is 0 Å². The van der Waals surface area contributed by atoms with Gasteiger partial charge in [0.2, 0.25) is 5.91 Å². The number of carboxylic acids is 1. The third kappa shape index (κ3) is 2.64. The van der Waals surface area contributed by atoms with Gasteiger partial charge >= 0.3 is 5.97 Å². The van der Waals surface area contributed by atoms with Gasteiger partial charge in [-0.1, -0.05) is 23.5 Å². The summed E-state index contributed by atoms with van der Waals surface area (Å²) in [7, 11) is 0. The Kier molecular flexibility index (Phi) is 3.42. The molecule has 1 aliphatic heterocycles. The zero-order chi connectivity index (χ0) is 15.0. The number of aryl methyl sites for hydroxylation is 1. The molecule has 0 radical (unpaired) electrons. The minimum Gasteiger partial charge on any atom is -0.481 e. The average molecular weight is 303 g/mol. The number of carbonyl (C=O) groups is 2. The second-order valence-electron chi connectivity index (χ2n) is 4.92. The highest BCUT2D eigenvalue weighted by atomic mass is 32.1. The summed E-state index contributed by atoms with van der Waals surface area (Å²) >= 11 is 1.48. The number of hydrogen-bond donors (Lipinski definition) is 1. The monoisotopic (exact) mass is 303 g/mol. The van der Waals surface area contributed by atoms with Gasteiger partial charge in [0.25, 0.3) is 0 Å². The predicted octanol–water partition coefficient (Wildman–Crippen LogP) is 1.95. The summed E-state index contributed by atoms with van der Waals surface area (Å²) in [6.45, 7) is 2.10. The van der Waals surface area contributed by atoms with Gasteiger partial charge in [0.15, 0.2) is 0 Å². The molecule has 1 unspecified atom stereocenters. The molecule has 1 N–H and O–H groups in total. The Morgan fingerprint density at radius 1 is 1.43 bits per heavy atom. The fraction of sp³-hybridized carbons (Fsp3) is 0.286. The number of carbonyl (C=O) groups excluding carboxylic acids is 1. The largest absolute Gasteiger partial charge is 0.481 e. The molecule has 0 spiro atoms. The Balaban J connectivity index is 1.90. The van der Waals surface area contributed by atoms with Gasteiger partial charge in [0.05, 0.1) is 5.92 Å². The molecule has 1 saturated heterocycles. The highest BCUT2D eigenvalue weighted by molar-refractivity contribution is 7.14. The summed E-state index contributed by atoms with van der Waals surface area (Å²) < 4.78 is 0. The van der Waals surface area contributed by atoms with Crippen molar-refractivity contribution >= 4 is 28.9 Å². The van der Waals surface area contributed by atoms with Crippen LogP contribution >= 0.6 is 11.3 Å². The number of aromatic nitrogens is 2. The van der Waals surface area contributed by atoms with Gasteiger partial charge in [-0.3, -0.25) is 9.59 Å². The SMILES string of the molecule is Cc1nnc(-c2cccc(N3CC(C(=O)O)CC3=O)c2)s1. The fourth-order valence-corrected chi connectivity index (χ4v) is 3.03. The Bertz CT molecular complexity index is 713. The molecule has 1 amide bonds. The number of amides is 1. The molecule has 1 aromatic carbocycles. The van der Waals surface area contributed by atoms with Crippen LogP contribution in [-0.2, 0) is 9.59 Å². The molecule has 1 aromatic heterocycles. The lowest BCUT2D eigenvalue weighted by Crippen LogP contribution is -2.25. The van der Waals surface area contributed by atoms with Crippen LogP contribution in [0.1, 0.15) is 11.4 Å². The zero-order valence-electron chi connectivity index (χ0n) is 11.3. The van der Waals surface area contributed by atoms with Crippen molar-refractivity contribution in [1.82, 2.24) is 10.2 Å². The maximum atomic E-state index is 12.0. The Hall–Kier alpha value is -2.28. The van der Waals surface area contributed by atoms with Crippen LogP contribution in [0, 0.1) is 12.8 Å². The van der Waals surface area contributed by atoms with Crippen molar-refractivity contribution in [3.05, 3.63) is 29.3 Å². The summed E-state index contributed by atoms with van der Waals surface area (Å²) in [5.41, 5.74) is 1.58. The molecule has 0 aliphatic carbocycles. The molecule has 0 bridgehead atoms. The summed E-state index contributed by atoms with van der Waals surface area (Å²) in [6, 6.07) is 7.39. The lowest BCUT2D eigenvalue weighted by Gasteiger charge is -2.16. The summed E-state index contributed by atoms with van der Waals surface area (Å²) in [6.07, 6.45) is 0.0531. The number of anilines is 1. The molecular formula is C14H13N3O3S. The highest BCUT2D eigenvalue weighted by Crippen LogP contribution is 2.30. The normalized spacial score (nSPS) is 18.2. The number of aliphatic carboxylic acids is 1. The van der Waals surface area contributed by atoms with E-state index in [1.54, 1.807) is 6.07 Å². The Labute approximate surface area is 125 Å². The molecular weight excluding hydrogens is 290 g/mol. The van der Waals surface area contributed by atoms with Crippen LogP contribution in [0.4, 0.5) is 5.69 Å². The van der Waals surface area contributed by atoms with Gasteiger partial charge in [0, 0.05) is 24.2 Å². The topological polar surface area (TPSA) is 83.4 Å². The van der Waals surface area contributed by atoms with Gasteiger partial charge < -0.3 is 10.0 Å². The zero-order valence-corrected chi connectivity index (χ0v) is 12.1. The number of benzene rings is 1. The van der Waals surface area contributed by atoms with Crippen molar-refractivity contribution in [1.29, 1.82) is 0 Å². The van der Waals surface area contributed by atoms with Gasteiger partial charge in [0.1, 0.15) is 10.0 Å². The van der Waals surface area contributed by atoms with E-state index in [2.05, 4.69) is 10.2 Å². The summed E-state index contributed by atoms with van der Waals surface area (Å²) in [5.74, 6) is -1.72. The van der Waals surface area contributed by atoms with Crippen LogP contribution < -0.4 is 4.90 Å². The van der Waals surface area contributed by atoms with Crippen molar-refractivity contribution in [3.63, 3.8) is 0 Å². The van der Waals surface area contributed by atoms with E-state index >= 15 is 0 Å². The van der Waals surface area contributed by atoms with E-state index in [0.29, 0.717) is 5.69 Å². The maximum absolute atomic E-state index is 12.0. The molecule has 2 heterocycles. The number of carboxylic acid groups (broad SMARTS) is 1. The molecule has 3 rings (SSSR count). The first kappa shape index (κ1) is 13.7. The molecule has 1 fully saturated rings. The summed E-state index contributed by atoms with van der Waals surface area (Å²) in [5, 5.41) is 18.8. The third-order valence-corrected chi connectivity index (χ3v) is 4.29. The maximum Gasteiger partial charge on any atom is 0.308 e. The van der Waals surface area contributed by atoms with Crippen LogP contribution in [0.3, 0.4) is 0 Å². The van der Waals surface area contributed by atoms with E-state index in [0.717, 1.165) is 15.6 Å². The van der Waals surface area contributed by atoms with Crippen LogP contribution in [0.15, 0.2) is 24.3 Å². The molecule has 2 aromatic rings. The van der Waals surface area contributed by atoms with Gasteiger partial charge in [-0.2, -0.15) is 0 Å². The van der Waals surface area contributed by atoms with Gasteiger partial charge in [-0.05, 0) is 19.1 Å². The van der Waals surface area contributed by atoms with E-state index in [4.69, 9.17) is 5.11 Å². The van der Waals surface area contributed by atoms with E-state index in [1.165, 1.54) is 16.2 Å². The van der Waals surface area contributed by atoms with Crippen molar-refractivity contribution in [2.45, 2.75) is 13.3 Å². The van der Waals surface area contributed by atoms with Crippen LogP contribution in [-0.4, -0.2) is 33.7 Å². The second kappa shape index (κ2) is 5.25. The Morgan fingerprint density at radius 3 is 2.86 bits per heavy atom. The fourth-order valence-electron chi connectivity index (χ4n) is 2.34.